The number of carboxylic acids is 1. The van der Waals surface area contributed by atoms with Crippen LogP contribution in [0.1, 0.15) is 54.9 Å². The van der Waals surface area contributed by atoms with Gasteiger partial charge < -0.3 is 10.2 Å². The molecule has 0 saturated heterocycles. The second kappa shape index (κ2) is 6.07. The van der Waals surface area contributed by atoms with Crippen LogP contribution in [0.2, 0.25) is 0 Å². The summed E-state index contributed by atoms with van der Waals surface area (Å²) in [6.07, 6.45) is 0.668. The number of aromatic carboxylic acids is 1. The largest absolute Gasteiger partial charge is 0.507 e. The SMILES string of the molecule is Cc1cc(Cc2c(C)c(C)c(C)c(C)c2C)cc(C(=O)O)c1O. The van der Waals surface area contributed by atoms with Gasteiger partial charge in [-0.3, -0.25) is 0 Å². The molecule has 0 radical (unpaired) electrons. The number of hydrogen-bond donors (Lipinski definition) is 2. The molecule has 0 bridgehead atoms. The van der Waals surface area contributed by atoms with Crippen LogP contribution in [0, 0.1) is 41.5 Å². The highest BCUT2D eigenvalue weighted by atomic mass is 16.4. The molecule has 0 aliphatic carbocycles. The first-order valence-electron chi connectivity index (χ1n) is 7.76. The van der Waals surface area contributed by atoms with Gasteiger partial charge in [0.25, 0.3) is 0 Å². The molecule has 23 heavy (non-hydrogen) atoms. The molecule has 0 atom stereocenters. The van der Waals surface area contributed by atoms with Crippen LogP contribution in [-0.4, -0.2) is 16.2 Å². The summed E-state index contributed by atoms with van der Waals surface area (Å²) >= 11 is 0. The minimum atomic E-state index is -1.10. The summed E-state index contributed by atoms with van der Waals surface area (Å²) in [5, 5.41) is 19.2. The molecule has 2 N–H and O–H groups in total. The highest BCUT2D eigenvalue weighted by Crippen LogP contribution is 2.30. The quantitative estimate of drug-likeness (QED) is 0.875. The van der Waals surface area contributed by atoms with Crippen LogP contribution in [0.25, 0.3) is 0 Å². The third kappa shape index (κ3) is 2.96. The smallest absolute Gasteiger partial charge is 0.339 e. The lowest BCUT2D eigenvalue weighted by Gasteiger charge is -2.19. The predicted octanol–water partition coefficient (Wildman–Crippen LogP) is 4.53. The summed E-state index contributed by atoms with van der Waals surface area (Å²) in [5.41, 5.74) is 9.12. The van der Waals surface area contributed by atoms with E-state index < -0.39 is 5.97 Å². The van der Waals surface area contributed by atoms with Crippen LogP contribution in [-0.2, 0) is 6.42 Å². The Hall–Kier alpha value is -2.29. The van der Waals surface area contributed by atoms with Gasteiger partial charge >= 0.3 is 5.97 Å². The Kier molecular flexibility index (Phi) is 4.51. The van der Waals surface area contributed by atoms with E-state index >= 15 is 0 Å². The second-order valence-corrected chi connectivity index (χ2v) is 6.39. The third-order valence-electron chi connectivity index (χ3n) is 5.13. The molecule has 0 amide bonds. The topological polar surface area (TPSA) is 57.5 Å². The Morgan fingerprint density at radius 3 is 1.83 bits per heavy atom. The molecule has 2 rings (SSSR count). The van der Waals surface area contributed by atoms with Crippen molar-refractivity contribution in [2.45, 2.75) is 48.0 Å². The minimum Gasteiger partial charge on any atom is -0.507 e. The normalized spacial score (nSPS) is 10.9. The molecule has 0 aromatic heterocycles. The summed E-state index contributed by atoms with van der Waals surface area (Å²) in [4.78, 5) is 11.3. The number of hydrogen-bond acceptors (Lipinski definition) is 2. The molecule has 3 heteroatoms. The van der Waals surface area contributed by atoms with E-state index in [1.54, 1.807) is 13.0 Å². The minimum absolute atomic E-state index is 0.0316. The van der Waals surface area contributed by atoms with E-state index in [0.717, 1.165) is 5.56 Å². The van der Waals surface area contributed by atoms with Crippen molar-refractivity contribution in [2.24, 2.45) is 0 Å². The summed E-state index contributed by atoms with van der Waals surface area (Å²) in [7, 11) is 0. The third-order valence-corrected chi connectivity index (χ3v) is 5.13. The fourth-order valence-electron chi connectivity index (χ4n) is 3.17. The zero-order valence-corrected chi connectivity index (χ0v) is 14.7. The number of aryl methyl sites for hydroxylation is 1. The second-order valence-electron chi connectivity index (χ2n) is 6.39. The molecule has 2 aromatic rings. The van der Waals surface area contributed by atoms with Gasteiger partial charge in [0.1, 0.15) is 11.3 Å². The standard InChI is InChI=1S/C20H24O3/c1-10-7-16(9-18(19(10)21)20(22)23)8-17-14(5)12(3)11(2)13(4)15(17)6/h7,9,21H,8H2,1-6H3,(H,22,23). The number of rotatable bonds is 3. The van der Waals surface area contributed by atoms with Gasteiger partial charge in [-0.15, -0.1) is 0 Å². The van der Waals surface area contributed by atoms with Gasteiger partial charge in [-0.25, -0.2) is 4.79 Å². The number of aromatic hydroxyl groups is 1. The Balaban J connectivity index is 2.59. The Bertz CT molecular complexity index is 772. The van der Waals surface area contributed by atoms with Crippen LogP contribution in [0.4, 0.5) is 0 Å². The van der Waals surface area contributed by atoms with E-state index in [2.05, 4.69) is 34.6 Å². The number of carboxylic acid groups (broad SMARTS) is 1. The number of benzene rings is 2. The molecule has 122 valence electrons. The fourth-order valence-corrected chi connectivity index (χ4v) is 3.17. The first-order valence-corrected chi connectivity index (χ1v) is 7.76. The van der Waals surface area contributed by atoms with Gasteiger partial charge in [-0.1, -0.05) is 6.07 Å². The van der Waals surface area contributed by atoms with Gasteiger partial charge in [0.15, 0.2) is 0 Å². The Morgan fingerprint density at radius 2 is 1.35 bits per heavy atom. The Morgan fingerprint density at radius 1 is 0.870 bits per heavy atom. The van der Waals surface area contributed by atoms with Gasteiger partial charge in [-0.2, -0.15) is 0 Å². The molecule has 0 aliphatic rings. The molecule has 0 spiro atoms. The van der Waals surface area contributed by atoms with E-state index in [-0.39, 0.29) is 11.3 Å². The zero-order chi connectivity index (χ0) is 17.5. The van der Waals surface area contributed by atoms with Gasteiger partial charge in [-0.05, 0) is 98.5 Å². The maximum Gasteiger partial charge on any atom is 0.339 e. The molecule has 0 heterocycles. The monoisotopic (exact) mass is 312 g/mol. The van der Waals surface area contributed by atoms with Gasteiger partial charge in [0.2, 0.25) is 0 Å². The summed E-state index contributed by atoms with van der Waals surface area (Å²) < 4.78 is 0. The lowest BCUT2D eigenvalue weighted by molar-refractivity contribution is 0.0693. The van der Waals surface area contributed by atoms with E-state index in [4.69, 9.17) is 0 Å². The average Bonchev–Trinajstić information content (AvgIpc) is 2.50. The van der Waals surface area contributed by atoms with Gasteiger partial charge in [0, 0.05) is 0 Å². The predicted molar refractivity (Wildman–Crippen MR) is 92.7 cm³/mol. The van der Waals surface area contributed by atoms with Crippen LogP contribution in [0.3, 0.4) is 0 Å². The van der Waals surface area contributed by atoms with Crippen molar-refractivity contribution in [2.75, 3.05) is 0 Å². The molecule has 0 saturated carbocycles. The molecular formula is C20H24O3. The van der Waals surface area contributed by atoms with E-state index in [0.29, 0.717) is 12.0 Å². The van der Waals surface area contributed by atoms with Crippen LogP contribution in [0.15, 0.2) is 12.1 Å². The molecule has 0 unspecified atom stereocenters. The summed E-state index contributed by atoms with van der Waals surface area (Å²) in [6, 6.07) is 3.44. The maximum absolute atomic E-state index is 11.3. The van der Waals surface area contributed by atoms with Crippen molar-refractivity contribution in [3.05, 3.63) is 62.2 Å². The van der Waals surface area contributed by atoms with Crippen LogP contribution in [0.5, 0.6) is 5.75 Å². The zero-order valence-electron chi connectivity index (χ0n) is 14.7. The van der Waals surface area contributed by atoms with E-state index in [1.165, 1.54) is 33.4 Å². The van der Waals surface area contributed by atoms with E-state index in [9.17, 15) is 15.0 Å². The fraction of sp³-hybridized carbons (Fsp3) is 0.350. The lowest BCUT2D eigenvalue weighted by Crippen LogP contribution is -2.05. The van der Waals surface area contributed by atoms with Crippen molar-refractivity contribution in [3.63, 3.8) is 0 Å². The van der Waals surface area contributed by atoms with Crippen molar-refractivity contribution in [1.82, 2.24) is 0 Å². The molecule has 2 aromatic carbocycles. The highest BCUT2D eigenvalue weighted by Gasteiger charge is 2.16. The molecule has 0 aliphatic heterocycles. The maximum atomic E-state index is 11.3. The lowest BCUT2D eigenvalue weighted by atomic mass is 9.86. The summed E-state index contributed by atoms with van der Waals surface area (Å²) in [5.74, 6) is -1.25. The van der Waals surface area contributed by atoms with E-state index in [1.807, 2.05) is 6.07 Å². The average molecular weight is 312 g/mol. The van der Waals surface area contributed by atoms with Crippen LogP contribution >= 0.6 is 0 Å². The first kappa shape index (κ1) is 17.1. The van der Waals surface area contributed by atoms with Crippen molar-refractivity contribution < 1.29 is 15.0 Å². The van der Waals surface area contributed by atoms with Crippen molar-refractivity contribution in [3.8, 4) is 5.75 Å². The molecule has 3 nitrogen and oxygen atoms in total. The van der Waals surface area contributed by atoms with Crippen molar-refractivity contribution >= 4 is 5.97 Å². The summed E-state index contributed by atoms with van der Waals surface area (Å²) in [6.45, 7) is 12.4. The first-order chi connectivity index (χ1) is 10.6. The number of phenols is 1. The molecular weight excluding hydrogens is 288 g/mol. The highest BCUT2D eigenvalue weighted by molar-refractivity contribution is 5.91. The Labute approximate surface area is 137 Å². The molecule has 0 fully saturated rings. The number of carbonyl (C=O) groups is 1. The van der Waals surface area contributed by atoms with Gasteiger partial charge in [0.05, 0.1) is 0 Å². The van der Waals surface area contributed by atoms with Crippen LogP contribution < -0.4 is 0 Å². The van der Waals surface area contributed by atoms with Crippen molar-refractivity contribution in [1.29, 1.82) is 0 Å².